The molecule has 1 saturated heterocycles. The highest BCUT2D eigenvalue weighted by atomic mass is 32.2. The van der Waals surface area contributed by atoms with Gasteiger partial charge in [0.15, 0.2) is 0 Å². The van der Waals surface area contributed by atoms with Crippen LogP contribution in [0.1, 0.15) is 18.4 Å². The molecule has 2 rings (SSSR count). The fourth-order valence-electron chi connectivity index (χ4n) is 2.21. The van der Waals surface area contributed by atoms with Crippen LogP contribution in [0.15, 0.2) is 29.2 Å². The summed E-state index contributed by atoms with van der Waals surface area (Å²) in [6, 6.07) is 6.30. The van der Waals surface area contributed by atoms with E-state index in [2.05, 4.69) is 10.6 Å². The minimum absolute atomic E-state index is 0.0312. The SMILES string of the molecule is NS(=O)(=O)c1ccc(CCNC(=O)C2CCCN2)cc1. The Labute approximate surface area is 118 Å². The molecule has 1 amide bonds. The molecule has 1 heterocycles. The van der Waals surface area contributed by atoms with Crippen molar-refractivity contribution in [1.82, 2.24) is 10.6 Å². The van der Waals surface area contributed by atoms with Crippen molar-refractivity contribution in [3.05, 3.63) is 29.8 Å². The number of carbonyl (C=O) groups excluding carboxylic acids is 1. The predicted octanol–water partition coefficient (Wildman–Crippen LogP) is -0.255. The molecule has 1 aromatic carbocycles. The van der Waals surface area contributed by atoms with Gasteiger partial charge in [0.25, 0.3) is 0 Å². The molecule has 1 aromatic rings. The van der Waals surface area contributed by atoms with E-state index in [1.54, 1.807) is 12.1 Å². The molecule has 0 aromatic heterocycles. The normalized spacial score (nSPS) is 18.9. The number of hydrogen-bond donors (Lipinski definition) is 3. The quantitative estimate of drug-likeness (QED) is 0.697. The lowest BCUT2D eigenvalue weighted by Gasteiger charge is -2.11. The lowest BCUT2D eigenvalue weighted by molar-refractivity contribution is -0.122. The van der Waals surface area contributed by atoms with Gasteiger partial charge < -0.3 is 10.6 Å². The van der Waals surface area contributed by atoms with Crippen LogP contribution in [0.5, 0.6) is 0 Å². The number of rotatable bonds is 5. The molecule has 7 heteroatoms. The number of benzene rings is 1. The first-order valence-corrected chi connectivity index (χ1v) is 8.14. The maximum Gasteiger partial charge on any atom is 0.238 e. The molecule has 0 bridgehead atoms. The second kappa shape index (κ2) is 6.34. The molecule has 1 atom stereocenters. The Kier molecular flexibility index (Phi) is 4.74. The Morgan fingerprint density at radius 1 is 1.35 bits per heavy atom. The van der Waals surface area contributed by atoms with E-state index in [1.807, 2.05) is 0 Å². The maximum absolute atomic E-state index is 11.8. The van der Waals surface area contributed by atoms with Crippen molar-refractivity contribution in [2.45, 2.75) is 30.2 Å². The van der Waals surface area contributed by atoms with E-state index in [0.717, 1.165) is 24.9 Å². The first-order valence-electron chi connectivity index (χ1n) is 6.59. The van der Waals surface area contributed by atoms with Gasteiger partial charge in [0.05, 0.1) is 10.9 Å². The first-order chi connectivity index (χ1) is 9.47. The van der Waals surface area contributed by atoms with Crippen LogP contribution < -0.4 is 15.8 Å². The van der Waals surface area contributed by atoms with Crippen molar-refractivity contribution in [3.63, 3.8) is 0 Å². The molecule has 1 aliphatic rings. The summed E-state index contributed by atoms with van der Waals surface area (Å²) in [5.41, 5.74) is 0.956. The Morgan fingerprint density at radius 2 is 2.05 bits per heavy atom. The summed E-state index contributed by atoms with van der Waals surface area (Å²) in [7, 11) is -3.64. The number of nitrogens with two attached hydrogens (primary N) is 1. The summed E-state index contributed by atoms with van der Waals surface area (Å²) in [5.74, 6) is 0.0312. The first kappa shape index (κ1) is 15.0. The van der Waals surface area contributed by atoms with Gasteiger partial charge in [-0.1, -0.05) is 12.1 Å². The van der Waals surface area contributed by atoms with E-state index in [1.165, 1.54) is 12.1 Å². The third-order valence-electron chi connectivity index (χ3n) is 3.34. The Hall–Kier alpha value is -1.44. The Morgan fingerprint density at radius 3 is 2.60 bits per heavy atom. The summed E-state index contributed by atoms with van der Waals surface area (Å²) in [4.78, 5) is 11.8. The minimum atomic E-state index is -3.64. The van der Waals surface area contributed by atoms with Crippen LogP contribution in [-0.4, -0.2) is 33.5 Å². The van der Waals surface area contributed by atoms with E-state index in [-0.39, 0.29) is 16.8 Å². The highest BCUT2D eigenvalue weighted by Crippen LogP contribution is 2.09. The molecule has 0 saturated carbocycles. The van der Waals surface area contributed by atoms with E-state index < -0.39 is 10.0 Å². The van der Waals surface area contributed by atoms with Crippen LogP contribution in [-0.2, 0) is 21.2 Å². The number of primary sulfonamides is 1. The summed E-state index contributed by atoms with van der Waals surface area (Å²) in [6.45, 7) is 1.43. The fraction of sp³-hybridized carbons (Fsp3) is 0.462. The van der Waals surface area contributed by atoms with Gasteiger partial charge in [-0.3, -0.25) is 4.79 Å². The molecule has 0 spiro atoms. The number of nitrogens with one attached hydrogen (secondary N) is 2. The molecular weight excluding hydrogens is 278 g/mol. The molecule has 1 unspecified atom stereocenters. The summed E-state index contributed by atoms with van der Waals surface area (Å²) < 4.78 is 22.2. The largest absolute Gasteiger partial charge is 0.354 e. The Bertz CT molecular complexity index is 563. The van der Waals surface area contributed by atoms with Gasteiger partial charge in [-0.05, 0) is 43.5 Å². The molecule has 6 nitrogen and oxygen atoms in total. The maximum atomic E-state index is 11.8. The fourth-order valence-corrected chi connectivity index (χ4v) is 2.72. The lowest BCUT2D eigenvalue weighted by atomic mass is 10.1. The molecule has 1 fully saturated rings. The number of amides is 1. The molecule has 4 N–H and O–H groups in total. The van der Waals surface area contributed by atoms with E-state index in [0.29, 0.717) is 13.0 Å². The van der Waals surface area contributed by atoms with E-state index in [9.17, 15) is 13.2 Å². The van der Waals surface area contributed by atoms with Gasteiger partial charge in [0.1, 0.15) is 0 Å². The zero-order valence-electron chi connectivity index (χ0n) is 11.1. The van der Waals surface area contributed by atoms with E-state index >= 15 is 0 Å². The highest BCUT2D eigenvalue weighted by Gasteiger charge is 2.21. The monoisotopic (exact) mass is 297 g/mol. The van der Waals surface area contributed by atoms with Gasteiger partial charge in [0, 0.05) is 6.54 Å². The molecule has 110 valence electrons. The van der Waals surface area contributed by atoms with Crippen molar-refractivity contribution in [1.29, 1.82) is 0 Å². The second-order valence-electron chi connectivity index (χ2n) is 4.88. The topological polar surface area (TPSA) is 101 Å². The smallest absolute Gasteiger partial charge is 0.238 e. The Balaban J connectivity index is 1.81. The average molecular weight is 297 g/mol. The number of sulfonamides is 1. The standard InChI is InChI=1S/C13H19N3O3S/c14-20(18,19)11-5-3-10(4-6-11)7-9-16-13(17)12-2-1-8-15-12/h3-6,12,15H,1-2,7-9H2,(H,16,17)(H2,14,18,19). The summed E-state index contributed by atoms with van der Waals surface area (Å²) >= 11 is 0. The lowest BCUT2D eigenvalue weighted by Crippen LogP contribution is -2.41. The second-order valence-corrected chi connectivity index (χ2v) is 6.44. The highest BCUT2D eigenvalue weighted by molar-refractivity contribution is 7.89. The minimum Gasteiger partial charge on any atom is -0.354 e. The zero-order chi connectivity index (χ0) is 14.6. The summed E-state index contributed by atoms with van der Waals surface area (Å²) in [6.07, 6.45) is 2.57. The van der Waals surface area contributed by atoms with Crippen molar-refractivity contribution in [2.75, 3.05) is 13.1 Å². The molecule has 1 aliphatic heterocycles. The van der Waals surface area contributed by atoms with Gasteiger partial charge >= 0.3 is 0 Å². The van der Waals surface area contributed by atoms with Crippen molar-refractivity contribution in [3.8, 4) is 0 Å². The average Bonchev–Trinajstić information content (AvgIpc) is 2.92. The molecule has 0 aliphatic carbocycles. The number of hydrogen-bond acceptors (Lipinski definition) is 4. The van der Waals surface area contributed by atoms with Crippen molar-refractivity contribution >= 4 is 15.9 Å². The molecular formula is C13H19N3O3S. The van der Waals surface area contributed by atoms with Crippen LogP contribution in [0.3, 0.4) is 0 Å². The third kappa shape index (κ3) is 4.03. The van der Waals surface area contributed by atoms with Crippen molar-refractivity contribution < 1.29 is 13.2 Å². The van der Waals surface area contributed by atoms with E-state index in [4.69, 9.17) is 5.14 Å². The van der Waals surface area contributed by atoms with Crippen LogP contribution in [0.25, 0.3) is 0 Å². The molecule has 0 radical (unpaired) electrons. The van der Waals surface area contributed by atoms with Crippen LogP contribution >= 0.6 is 0 Å². The van der Waals surface area contributed by atoms with Crippen LogP contribution in [0.2, 0.25) is 0 Å². The predicted molar refractivity (Wildman–Crippen MR) is 75.6 cm³/mol. The zero-order valence-corrected chi connectivity index (χ0v) is 11.9. The summed E-state index contributed by atoms with van der Waals surface area (Å²) in [5, 5.41) is 11.0. The van der Waals surface area contributed by atoms with Gasteiger partial charge in [-0.2, -0.15) is 0 Å². The van der Waals surface area contributed by atoms with Gasteiger partial charge in [-0.15, -0.1) is 0 Å². The van der Waals surface area contributed by atoms with Gasteiger partial charge in [-0.25, -0.2) is 13.6 Å². The van der Waals surface area contributed by atoms with Crippen LogP contribution in [0, 0.1) is 0 Å². The number of carbonyl (C=O) groups is 1. The van der Waals surface area contributed by atoms with Crippen molar-refractivity contribution in [2.24, 2.45) is 5.14 Å². The molecule has 20 heavy (non-hydrogen) atoms. The third-order valence-corrected chi connectivity index (χ3v) is 4.27. The van der Waals surface area contributed by atoms with Crippen LogP contribution in [0.4, 0.5) is 0 Å². The van der Waals surface area contributed by atoms with Gasteiger partial charge in [0.2, 0.25) is 15.9 Å².